The Balaban J connectivity index is -0.000000101. The molecule has 0 spiro atoms. The third kappa shape index (κ3) is 47.7. The number of hydrogen-bond acceptors (Lipinski definition) is 16. The van der Waals surface area contributed by atoms with Gasteiger partial charge in [-0.25, -0.2) is 0 Å². The zero-order valence-electron chi connectivity index (χ0n) is 25.1. The molecule has 0 aromatic rings. The van der Waals surface area contributed by atoms with Crippen molar-refractivity contribution < 1.29 is 105 Å². The van der Waals surface area contributed by atoms with Crippen molar-refractivity contribution in [2.45, 2.75) is 0 Å². The maximum atomic E-state index is 8.48. The van der Waals surface area contributed by atoms with Crippen molar-refractivity contribution in [1.82, 2.24) is 19.6 Å². The Hall–Kier alpha value is 0.789. The molecule has 0 aromatic heterocycles. The van der Waals surface area contributed by atoms with Gasteiger partial charge in [0.05, 0.1) is 79.3 Å². The molecule has 0 atom stereocenters. The first-order valence-electron chi connectivity index (χ1n) is 13.6. The van der Waals surface area contributed by atoms with Crippen LogP contribution in [0.25, 0.3) is 0 Å². The molecule has 256 valence electrons. The standard InChI is InChI=1S/4C6H15NO3.2Ti/c4*8-4-1-7(2-5-9)3-6-10;;/h4*8-10H,1-6H2;;. The quantitative estimate of drug-likeness (QED) is 0.0420. The summed E-state index contributed by atoms with van der Waals surface area (Å²) in [5.41, 5.74) is 0. The van der Waals surface area contributed by atoms with Gasteiger partial charge in [0, 0.05) is 122 Å². The van der Waals surface area contributed by atoms with E-state index in [4.69, 9.17) is 61.3 Å². The summed E-state index contributed by atoms with van der Waals surface area (Å²) in [6.45, 7) is 7.01. The summed E-state index contributed by atoms with van der Waals surface area (Å²) < 4.78 is 0. The van der Waals surface area contributed by atoms with Crippen molar-refractivity contribution in [3.05, 3.63) is 0 Å². The van der Waals surface area contributed by atoms with E-state index in [2.05, 4.69) is 0 Å². The maximum Gasteiger partial charge on any atom is 0.0558 e. The average molecular weight is 692 g/mol. The fourth-order valence-electron chi connectivity index (χ4n) is 3.04. The molecule has 0 aliphatic rings. The second kappa shape index (κ2) is 51.4. The average Bonchev–Trinajstić information content (AvgIpc) is 2.92. The zero-order chi connectivity index (χ0) is 31.3. The molecular formula is C24H60N4O12Ti2. The van der Waals surface area contributed by atoms with Crippen molar-refractivity contribution >= 4 is 0 Å². The first-order chi connectivity index (χ1) is 19.4. The van der Waals surface area contributed by atoms with Crippen molar-refractivity contribution in [2.75, 3.05) is 158 Å². The van der Waals surface area contributed by atoms with Crippen LogP contribution >= 0.6 is 0 Å². The van der Waals surface area contributed by atoms with E-state index in [1.807, 2.05) is 0 Å². The van der Waals surface area contributed by atoms with Gasteiger partial charge in [0.2, 0.25) is 0 Å². The van der Waals surface area contributed by atoms with Crippen LogP contribution < -0.4 is 0 Å². The molecule has 12 N–H and O–H groups in total. The summed E-state index contributed by atoms with van der Waals surface area (Å²) in [7, 11) is 0. The SMILES string of the molecule is OCCN(CCO)CCO.OCCN(CCO)CCO.OCCN(CCO)CCO.OCCN(CCO)CCO.[Ti].[Ti]. The molecule has 0 heterocycles. The molecule has 0 aliphatic heterocycles. The van der Waals surface area contributed by atoms with Crippen LogP contribution in [-0.2, 0) is 43.4 Å². The molecule has 0 saturated carbocycles. The largest absolute Gasteiger partial charge is 0.395 e. The van der Waals surface area contributed by atoms with Gasteiger partial charge in [0.15, 0.2) is 0 Å². The summed E-state index contributed by atoms with van der Waals surface area (Å²) in [5.74, 6) is 0. The first kappa shape index (κ1) is 55.2. The minimum Gasteiger partial charge on any atom is -0.395 e. The van der Waals surface area contributed by atoms with Crippen LogP contribution in [0.4, 0.5) is 0 Å². The van der Waals surface area contributed by atoms with E-state index in [1.165, 1.54) is 0 Å². The monoisotopic (exact) mass is 692 g/mol. The van der Waals surface area contributed by atoms with Crippen LogP contribution in [0.3, 0.4) is 0 Å². The molecule has 0 amide bonds. The van der Waals surface area contributed by atoms with Crippen LogP contribution in [0.15, 0.2) is 0 Å². The smallest absolute Gasteiger partial charge is 0.0558 e. The van der Waals surface area contributed by atoms with Crippen molar-refractivity contribution in [2.24, 2.45) is 0 Å². The fraction of sp³-hybridized carbons (Fsp3) is 1.00. The fourth-order valence-corrected chi connectivity index (χ4v) is 3.04. The zero-order valence-corrected chi connectivity index (χ0v) is 28.2. The Morgan fingerprint density at radius 1 is 0.190 bits per heavy atom. The van der Waals surface area contributed by atoms with Crippen LogP contribution in [0.2, 0.25) is 0 Å². The third-order valence-electron chi connectivity index (χ3n) is 4.99. The normalized spacial score (nSPS) is 10.3. The number of hydrogen-bond donors (Lipinski definition) is 12. The van der Waals surface area contributed by atoms with Crippen molar-refractivity contribution in [1.29, 1.82) is 0 Å². The minimum absolute atomic E-state index is 0. The van der Waals surface area contributed by atoms with E-state index in [0.717, 1.165) is 0 Å². The van der Waals surface area contributed by atoms with Gasteiger partial charge in [0.1, 0.15) is 0 Å². The molecule has 0 fully saturated rings. The minimum atomic E-state index is 0. The Morgan fingerprint density at radius 2 is 0.262 bits per heavy atom. The van der Waals surface area contributed by atoms with Crippen LogP contribution in [0.5, 0.6) is 0 Å². The molecule has 0 radical (unpaired) electrons. The predicted molar refractivity (Wildman–Crippen MR) is 151 cm³/mol. The molecule has 0 bridgehead atoms. The molecular weight excluding hydrogens is 632 g/mol. The number of aliphatic hydroxyl groups excluding tert-OH is 12. The number of aliphatic hydroxyl groups is 12. The number of nitrogens with zero attached hydrogens (tertiary/aromatic N) is 4. The molecule has 18 heteroatoms. The van der Waals surface area contributed by atoms with E-state index in [-0.39, 0.29) is 123 Å². The molecule has 42 heavy (non-hydrogen) atoms. The van der Waals surface area contributed by atoms with E-state index in [1.54, 1.807) is 19.6 Å². The van der Waals surface area contributed by atoms with Gasteiger partial charge >= 0.3 is 0 Å². The Morgan fingerprint density at radius 3 is 0.310 bits per heavy atom. The van der Waals surface area contributed by atoms with Gasteiger partial charge in [-0.1, -0.05) is 0 Å². The van der Waals surface area contributed by atoms with E-state index in [9.17, 15) is 0 Å². The van der Waals surface area contributed by atoms with Gasteiger partial charge in [-0.15, -0.1) is 0 Å². The van der Waals surface area contributed by atoms with Gasteiger partial charge in [-0.3, -0.25) is 19.6 Å². The number of rotatable bonds is 24. The van der Waals surface area contributed by atoms with Gasteiger partial charge in [0.25, 0.3) is 0 Å². The molecule has 0 unspecified atom stereocenters. The van der Waals surface area contributed by atoms with Crippen LogP contribution in [-0.4, -0.2) is 239 Å². The summed E-state index contributed by atoms with van der Waals surface area (Å²) in [6, 6.07) is 0. The molecule has 0 aliphatic carbocycles. The Bertz CT molecular complexity index is 307. The first-order valence-corrected chi connectivity index (χ1v) is 13.6. The maximum absolute atomic E-state index is 8.48. The molecule has 0 rings (SSSR count). The summed E-state index contributed by atoms with van der Waals surface area (Å²) in [6.07, 6.45) is 0. The predicted octanol–water partition coefficient (Wildman–Crippen LogP) is -6.94. The Labute approximate surface area is 281 Å². The molecule has 0 saturated heterocycles. The van der Waals surface area contributed by atoms with Crippen LogP contribution in [0.1, 0.15) is 0 Å². The third-order valence-corrected chi connectivity index (χ3v) is 4.99. The summed E-state index contributed by atoms with van der Waals surface area (Å²) in [5, 5.41) is 102. The van der Waals surface area contributed by atoms with Gasteiger partial charge in [-0.2, -0.15) is 0 Å². The van der Waals surface area contributed by atoms with Crippen molar-refractivity contribution in [3.63, 3.8) is 0 Å². The second-order valence-corrected chi connectivity index (χ2v) is 8.05. The Kier molecular flexibility index (Phi) is 67.5. The van der Waals surface area contributed by atoms with Crippen LogP contribution in [0, 0.1) is 0 Å². The topological polar surface area (TPSA) is 256 Å². The summed E-state index contributed by atoms with van der Waals surface area (Å²) >= 11 is 0. The second-order valence-electron chi connectivity index (χ2n) is 8.05. The van der Waals surface area contributed by atoms with E-state index in [0.29, 0.717) is 78.5 Å². The molecule has 0 aromatic carbocycles. The van der Waals surface area contributed by atoms with Crippen molar-refractivity contribution in [3.8, 4) is 0 Å². The van der Waals surface area contributed by atoms with E-state index >= 15 is 0 Å². The summed E-state index contributed by atoms with van der Waals surface area (Å²) in [4.78, 5) is 7.17. The molecule has 16 nitrogen and oxygen atoms in total. The van der Waals surface area contributed by atoms with Gasteiger partial charge in [-0.05, 0) is 0 Å². The van der Waals surface area contributed by atoms with Gasteiger partial charge < -0.3 is 61.3 Å². The van der Waals surface area contributed by atoms with E-state index < -0.39 is 0 Å².